The Labute approximate surface area is 210 Å². The largest absolute Gasteiger partial charge is 0.386 e. The van der Waals surface area contributed by atoms with E-state index in [0.717, 1.165) is 11.8 Å². The van der Waals surface area contributed by atoms with Gasteiger partial charge in [0.1, 0.15) is 10.1 Å². The molecule has 3 aromatic rings. The van der Waals surface area contributed by atoms with Crippen molar-refractivity contribution < 1.29 is 17.6 Å². The number of nitrogens with one attached hydrogen (secondary N) is 3. The minimum absolute atomic E-state index is 0.00710. The molecule has 1 unspecified atom stereocenters. The van der Waals surface area contributed by atoms with Gasteiger partial charge >= 0.3 is 6.03 Å². The van der Waals surface area contributed by atoms with E-state index in [2.05, 4.69) is 10.6 Å². The number of aromatic nitrogens is 1. The van der Waals surface area contributed by atoms with Crippen LogP contribution in [0.3, 0.4) is 0 Å². The zero-order valence-corrected chi connectivity index (χ0v) is 21.2. The molecule has 2 aromatic carbocycles. The van der Waals surface area contributed by atoms with Gasteiger partial charge in [0.15, 0.2) is 0 Å². The van der Waals surface area contributed by atoms with Gasteiger partial charge in [-0.15, -0.1) is 11.6 Å². The van der Waals surface area contributed by atoms with Crippen molar-refractivity contribution in [2.24, 2.45) is 0 Å². The summed E-state index contributed by atoms with van der Waals surface area (Å²) < 4.78 is 42.0. The number of hydrogen-bond acceptors (Lipinski definition) is 6. The third kappa shape index (κ3) is 5.16. The number of carbonyl (C=O) groups is 1. The van der Waals surface area contributed by atoms with E-state index in [1.807, 2.05) is 11.6 Å². The van der Waals surface area contributed by atoms with Gasteiger partial charge in [-0.2, -0.15) is 0 Å². The predicted molar refractivity (Wildman–Crippen MR) is 139 cm³/mol. The normalized spacial score (nSPS) is 15.7. The Morgan fingerprint density at radius 3 is 2.66 bits per heavy atom. The molecule has 0 saturated heterocycles. The number of alkyl halides is 1. The van der Waals surface area contributed by atoms with E-state index in [1.165, 1.54) is 16.7 Å². The number of halogens is 2. The molecule has 0 spiro atoms. The minimum atomic E-state index is -4.02. The Hall–Kier alpha value is -3.02. The fourth-order valence-electron chi connectivity index (χ4n) is 3.71. The molecule has 0 fully saturated rings. The van der Waals surface area contributed by atoms with Crippen LogP contribution >= 0.6 is 23.4 Å². The van der Waals surface area contributed by atoms with E-state index in [0.29, 0.717) is 40.9 Å². The van der Waals surface area contributed by atoms with Gasteiger partial charge in [-0.25, -0.2) is 22.3 Å². The van der Waals surface area contributed by atoms with Crippen molar-refractivity contribution in [2.45, 2.75) is 24.5 Å². The molecule has 0 saturated carbocycles. The summed E-state index contributed by atoms with van der Waals surface area (Å²) in [6.07, 6.45) is 3.95. The number of fused-ring (bicyclic) bond motifs is 1. The van der Waals surface area contributed by atoms with Gasteiger partial charge in [0.2, 0.25) is 0 Å². The number of benzene rings is 2. The highest BCUT2D eigenvalue weighted by Gasteiger charge is 2.28. The molecule has 2 amide bonds. The smallest absolute Gasteiger partial charge is 0.333 e. The van der Waals surface area contributed by atoms with Crippen molar-refractivity contribution in [3.63, 3.8) is 0 Å². The zero-order valence-electron chi connectivity index (χ0n) is 18.8. The molecule has 1 atom stereocenters. The van der Waals surface area contributed by atoms with Crippen LogP contribution in [0.1, 0.15) is 18.9 Å². The zero-order chi connectivity index (χ0) is 25.3. The Balaban J connectivity index is 1.60. The SMILES string of the molecule is CCc1cc(-n2ccc3cc(NC)c(F)cc3c2=O)ccc1NC(=O)NS(=O)(=O)C1=CCC(Cl)S1. The van der Waals surface area contributed by atoms with E-state index < -0.39 is 27.4 Å². The van der Waals surface area contributed by atoms with E-state index in [4.69, 9.17) is 11.6 Å². The van der Waals surface area contributed by atoms with E-state index in [9.17, 15) is 22.4 Å². The van der Waals surface area contributed by atoms with Crippen LogP contribution in [0.5, 0.6) is 0 Å². The van der Waals surface area contributed by atoms with E-state index in [1.54, 1.807) is 43.6 Å². The molecular formula is C23H22ClFN4O4S2. The number of pyridine rings is 1. The fraction of sp³-hybridized carbons (Fsp3) is 0.217. The number of hydrogen-bond donors (Lipinski definition) is 3. The monoisotopic (exact) mass is 536 g/mol. The van der Waals surface area contributed by atoms with Gasteiger partial charge in [-0.3, -0.25) is 9.36 Å². The van der Waals surface area contributed by atoms with E-state index in [-0.39, 0.29) is 14.3 Å². The highest BCUT2D eigenvalue weighted by atomic mass is 35.5. The maximum Gasteiger partial charge on any atom is 0.333 e. The summed E-state index contributed by atoms with van der Waals surface area (Å²) in [7, 11) is -2.42. The van der Waals surface area contributed by atoms with Crippen molar-refractivity contribution in [3.8, 4) is 5.69 Å². The van der Waals surface area contributed by atoms with Gasteiger partial charge in [-0.1, -0.05) is 24.8 Å². The van der Waals surface area contributed by atoms with Crippen LogP contribution in [0.2, 0.25) is 0 Å². The molecule has 1 aliphatic rings. The Kier molecular flexibility index (Phi) is 7.11. The van der Waals surface area contributed by atoms with Crippen LogP contribution in [0.15, 0.2) is 57.7 Å². The molecule has 8 nitrogen and oxygen atoms in total. The Morgan fingerprint density at radius 1 is 1.23 bits per heavy atom. The lowest BCUT2D eigenvalue weighted by atomic mass is 10.1. The number of sulfonamides is 1. The van der Waals surface area contributed by atoms with Gasteiger partial charge in [0.25, 0.3) is 15.6 Å². The van der Waals surface area contributed by atoms with E-state index >= 15 is 0 Å². The lowest BCUT2D eigenvalue weighted by Crippen LogP contribution is -2.34. The Morgan fingerprint density at radius 2 is 2.00 bits per heavy atom. The molecule has 184 valence electrons. The predicted octanol–water partition coefficient (Wildman–Crippen LogP) is 4.73. The number of allylic oxidation sites excluding steroid dienone is 1. The summed E-state index contributed by atoms with van der Waals surface area (Å²) >= 11 is 6.89. The highest BCUT2D eigenvalue weighted by molar-refractivity contribution is 8.19. The summed E-state index contributed by atoms with van der Waals surface area (Å²) in [5, 5.41) is 6.13. The molecule has 12 heteroatoms. The van der Waals surface area contributed by atoms with Crippen LogP contribution in [-0.4, -0.2) is 30.8 Å². The average molecular weight is 537 g/mol. The standard InChI is InChI=1S/C23H22ClFN4O4S2/c1-3-13-10-15(29-9-8-14-11-19(26-2)17(25)12-16(14)22(29)30)4-5-18(13)27-23(31)28-35(32,33)21-7-6-20(24)34-21/h4-5,7-12,20,26H,3,6H2,1-2H3,(H2,27,28,31). The second kappa shape index (κ2) is 9.92. The second-order valence-corrected chi connectivity index (χ2v) is 11.6. The topological polar surface area (TPSA) is 109 Å². The first-order valence-corrected chi connectivity index (χ1v) is 13.4. The first kappa shape index (κ1) is 25.1. The molecule has 2 heterocycles. The lowest BCUT2D eigenvalue weighted by molar-refractivity contribution is 0.256. The molecule has 35 heavy (non-hydrogen) atoms. The third-order valence-electron chi connectivity index (χ3n) is 5.46. The third-order valence-corrected chi connectivity index (χ3v) is 8.85. The van der Waals surface area contributed by atoms with Crippen LogP contribution in [0.25, 0.3) is 16.5 Å². The maximum absolute atomic E-state index is 14.3. The lowest BCUT2D eigenvalue weighted by Gasteiger charge is -2.15. The first-order chi connectivity index (χ1) is 16.6. The van der Waals surface area contributed by atoms with Crippen molar-refractivity contribution in [1.29, 1.82) is 0 Å². The van der Waals surface area contributed by atoms with Gasteiger partial charge < -0.3 is 10.6 Å². The summed E-state index contributed by atoms with van der Waals surface area (Å²) in [6, 6.07) is 8.48. The number of amides is 2. The van der Waals surface area contributed by atoms with Gasteiger partial charge in [-0.05, 0) is 60.2 Å². The number of thioether (sulfide) groups is 1. The van der Waals surface area contributed by atoms with Crippen molar-refractivity contribution in [1.82, 2.24) is 9.29 Å². The number of carbonyl (C=O) groups excluding carboxylic acids is 1. The number of urea groups is 1. The minimum Gasteiger partial charge on any atom is -0.386 e. The molecule has 0 aliphatic carbocycles. The van der Waals surface area contributed by atoms with Crippen molar-refractivity contribution in [3.05, 3.63) is 74.6 Å². The summed E-state index contributed by atoms with van der Waals surface area (Å²) in [5.41, 5.74) is 1.49. The quantitative estimate of drug-likeness (QED) is 0.393. The van der Waals surface area contributed by atoms with Crippen LogP contribution in [-0.2, 0) is 16.4 Å². The molecule has 0 bridgehead atoms. The second-order valence-electron chi connectivity index (χ2n) is 7.70. The Bertz CT molecular complexity index is 1520. The number of rotatable bonds is 6. The van der Waals surface area contributed by atoms with Crippen LogP contribution in [0.4, 0.5) is 20.6 Å². The van der Waals surface area contributed by atoms with Gasteiger partial charge in [0.05, 0.1) is 15.8 Å². The summed E-state index contributed by atoms with van der Waals surface area (Å²) in [5.74, 6) is -0.530. The molecular weight excluding hydrogens is 515 g/mol. The average Bonchev–Trinajstić information content (AvgIpc) is 3.27. The highest BCUT2D eigenvalue weighted by Crippen LogP contribution is 2.37. The maximum atomic E-state index is 14.3. The van der Waals surface area contributed by atoms with Crippen molar-refractivity contribution >= 4 is 61.6 Å². The van der Waals surface area contributed by atoms with Gasteiger partial charge in [0, 0.05) is 24.6 Å². The molecule has 3 N–H and O–H groups in total. The molecule has 0 radical (unpaired) electrons. The van der Waals surface area contributed by atoms with Crippen molar-refractivity contribution in [2.75, 3.05) is 17.7 Å². The van der Waals surface area contributed by atoms with Crippen LogP contribution < -0.4 is 20.9 Å². The number of anilines is 2. The fourth-order valence-corrected chi connectivity index (χ4v) is 6.57. The number of nitrogens with zero attached hydrogens (tertiary/aromatic N) is 1. The molecule has 1 aromatic heterocycles. The number of aryl methyl sites for hydroxylation is 1. The van der Waals surface area contributed by atoms with Crippen LogP contribution in [0, 0.1) is 5.82 Å². The summed E-state index contributed by atoms with van der Waals surface area (Å²) in [6.45, 7) is 1.86. The molecule has 1 aliphatic heterocycles. The first-order valence-electron chi connectivity index (χ1n) is 10.6. The summed E-state index contributed by atoms with van der Waals surface area (Å²) in [4.78, 5) is 25.5. The molecule has 4 rings (SSSR count).